The maximum atomic E-state index is 16.5. The second-order valence-corrected chi connectivity index (χ2v) is 13.9. The summed E-state index contributed by atoms with van der Waals surface area (Å²) in [6.45, 7) is 7.67. The van der Waals surface area contributed by atoms with E-state index in [4.69, 9.17) is 11.2 Å². The number of benzene rings is 2. The second kappa shape index (κ2) is 15.2. The van der Waals surface area contributed by atoms with Gasteiger partial charge in [-0.05, 0) is 79.5 Å². The standard InChI is InChI=1S/C38H39F6N3O5/c1-6-22-12-27(33-20(4)10-24(39)11-21(33)5)36(41)34(35(22)40)29(15-32(49)50)45-37(51)30(9-19(2)3)47-16-23(28(14-31(47)48)38(42,43)44)7-8-46-17-26-13-25(46)18-52-26/h1,10-12,14,16,19,25-26,29-30H,7-9,13,15,17-18H2,2-5H3,(H,45,51)(H,49,50)/t25-,26-,29?,30?/m0/s1. The molecular formula is C38H39F6N3O5. The van der Waals surface area contributed by atoms with Crippen LogP contribution in [0.3, 0.4) is 0 Å². The lowest BCUT2D eigenvalue weighted by Crippen LogP contribution is -2.41. The van der Waals surface area contributed by atoms with Gasteiger partial charge in [0.2, 0.25) is 5.91 Å². The van der Waals surface area contributed by atoms with Crippen LogP contribution in [0.5, 0.6) is 0 Å². The maximum Gasteiger partial charge on any atom is 0.416 e. The summed E-state index contributed by atoms with van der Waals surface area (Å²) in [6.07, 6.45) is 1.22. The van der Waals surface area contributed by atoms with Crippen LogP contribution in [0.2, 0.25) is 0 Å². The van der Waals surface area contributed by atoms with Gasteiger partial charge in [0, 0.05) is 42.5 Å². The SMILES string of the molecule is C#Cc1cc(-c2c(C)cc(F)cc2C)c(F)c(C(CC(=O)O)NC(=O)C(CC(C)C)n2cc(CCN3C[C@@H]4C[C@H]3CO4)c(C(F)(F)F)cc2=O)c1F. The van der Waals surface area contributed by atoms with Crippen molar-refractivity contribution in [2.24, 2.45) is 5.92 Å². The average molecular weight is 732 g/mol. The normalized spacial score (nSPS) is 18.4. The number of halogens is 6. The van der Waals surface area contributed by atoms with Crippen LogP contribution in [0.15, 0.2) is 35.3 Å². The topological polar surface area (TPSA) is 101 Å². The fraction of sp³-hybridized carbons (Fsp3) is 0.447. The number of nitrogens with zero attached hydrogens (tertiary/aromatic N) is 2. The number of alkyl halides is 3. The predicted octanol–water partition coefficient (Wildman–Crippen LogP) is 6.48. The average Bonchev–Trinajstić information content (AvgIpc) is 3.66. The fourth-order valence-electron chi connectivity index (χ4n) is 7.36. The molecule has 3 heterocycles. The predicted molar refractivity (Wildman–Crippen MR) is 180 cm³/mol. The number of carboxylic acid groups (broad SMARTS) is 1. The number of hydrogen-bond donors (Lipinski definition) is 2. The molecule has 4 atom stereocenters. The van der Waals surface area contributed by atoms with Gasteiger partial charge in [-0.25, -0.2) is 13.2 Å². The smallest absolute Gasteiger partial charge is 0.416 e. The fourth-order valence-corrected chi connectivity index (χ4v) is 7.36. The Labute approximate surface area is 296 Å². The van der Waals surface area contributed by atoms with Crippen molar-refractivity contribution in [3.8, 4) is 23.5 Å². The minimum absolute atomic E-state index is 0.00900. The Hall–Kier alpha value is -4.61. The van der Waals surface area contributed by atoms with Crippen LogP contribution in [0.1, 0.15) is 78.6 Å². The number of morpholine rings is 1. The van der Waals surface area contributed by atoms with Gasteiger partial charge in [-0.3, -0.25) is 19.3 Å². The minimum Gasteiger partial charge on any atom is -0.481 e. The lowest BCUT2D eigenvalue weighted by atomic mass is 9.89. The van der Waals surface area contributed by atoms with Gasteiger partial charge in [-0.2, -0.15) is 13.2 Å². The number of carbonyl (C=O) groups is 2. The van der Waals surface area contributed by atoms with Crippen molar-refractivity contribution >= 4 is 11.9 Å². The van der Waals surface area contributed by atoms with Gasteiger partial charge < -0.3 is 19.7 Å². The van der Waals surface area contributed by atoms with Crippen LogP contribution in [0.4, 0.5) is 26.3 Å². The summed E-state index contributed by atoms with van der Waals surface area (Å²) >= 11 is 0. The summed E-state index contributed by atoms with van der Waals surface area (Å²) in [7, 11) is 0. The zero-order chi connectivity index (χ0) is 38.2. The summed E-state index contributed by atoms with van der Waals surface area (Å²) in [6, 6.07) is 0.418. The molecule has 2 saturated heterocycles. The number of likely N-dealkylation sites (tertiary alicyclic amines) is 1. The number of fused-ring (bicyclic) bond motifs is 2. The van der Waals surface area contributed by atoms with Crippen molar-refractivity contribution in [3.05, 3.63) is 91.6 Å². The summed E-state index contributed by atoms with van der Waals surface area (Å²) in [5, 5.41) is 12.2. The molecule has 2 unspecified atom stereocenters. The quantitative estimate of drug-likeness (QED) is 0.163. The van der Waals surface area contributed by atoms with Crippen molar-refractivity contribution in [3.63, 3.8) is 0 Å². The van der Waals surface area contributed by atoms with Gasteiger partial charge in [0.25, 0.3) is 5.56 Å². The first kappa shape index (κ1) is 38.6. The highest BCUT2D eigenvalue weighted by Crippen LogP contribution is 2.38. The zero-order valence-electron chi connectivity index (χ0n) is 29.0. The van der Waals surface area contributed by atoms with Crippen molar-refractivity contribution < 1.29 is 45.8 Å². The van der Waals surface area contributed by atoms with E-state index in [0.717, 1.165) is 35.4 Å². The summed E-state index contributed by atoms with van der Waals surface area (Å²) in [5.41, 5.74) is -3.39. The number of aromatic nitrogens is 1. The van der Waals surface area contributed by atoms with E-state index < -0.39 is 76.3 Å². The first-order valence-corrected chi connectivity index (χ1v) is 16.8. The zero-order valence-corrected chi connectivity index (χ0v) is 29.0. The first-order chi connectivity index (χ1) is 24.4. The molecule has 8 nitrogen and oxygen atoms in total. The summed E-state index contributed by atoms with van der Waals surface area (Å²) in [5.74, 6) is -3.99. The van der Waals surface area contributed by atoms with Crippen molar-refractivity contribution in [2.45, 2.75) is 83.8 Å². The number of carbonyl (C=O) groups excluding carboxylic acids is 1. The number of rotatable bonds is 12. The van der Waals surface area contributed by atoms with Gasteiger partial charge in [0.05, 0.1) is 36.3 Å². The minimum atomic E-state index is -4.88. The van der Waals surface area contributed by atoms with E-state index >= 15 is 8.78 Å². The molecule has 278 valence electrons. The third-order valence-corrected chi connectivity index (χ3v) is 9.68. The molecule has 1 aromatic heterocycles. The van der Waals surface area contributed by atoms with E-state index in [0.29, 0.717) is 19.2 Å². The first-order valence-electron chi connectivity index (χ1n) is 16.8. The number of aryl methyl sites for hydroxylation is 2. The molecule has 14 heteroatoms. The van der Waals surface area contributed by atoms with Gasteiger partial charge in [0.1, 0.15) is 23.5 Å². The number of nitrogens with one attached hydrogen (secondary N) is 1. The largest absolute Gasteiger partial charge is 0.481 e. The highest BCUT2D eigenvalue weighted by Gasteiger charge is 2.40. The third kappa shape index (κ3) is 8.05. The molecule has 0 saturated carbocycles. The number of aliphatic carboxylic acids is 1. The molecule has 2 bridgehead atoms. The van der Waals surface area contributed by atoms with Gasteiger partial charge in [-0.1, -0.05) is 19.8 Å². The Morgan fingerprint density at radius 1 is 1.10 bits per heavy atom. The Bertz CT molecular complexity index is 1960. The van der Waals surface area contributed by atoms with Crippen molar-refractivity contribution in [1.82, 2.24) is 14.8 Å². The number of pyridine rings is 1. The summed E-state index contributed by atoms with van der Waals surface area (Å²) in [4.78, 5) is 41.5. The molecule has 2 fully saturated rings. The molecule has 2 aromatic carbocycles. The van der Waals surface area contributed by atoms with E-state index in [1.165, 1.54) is 13.8 Å². The summed E-state index contributed by atoms with van der Waals surface area (Å²) < 4.78 is 95.6. The number of hydrogen-bond acceptors (Lipinski definition) is 5. The van der Waals surface area contributed by atoms with E-state index in [9.17, 15) is 37.1 Å². The third-order valence-electron chi connectivity index (χ3n) is 9.68. The maximum absolute atomic E-state index is 16.5. The molecule has 2 aliphatic rings. The van der Waals surface area contributed by atoms with Crippen LogP contribution in [-0.2, 0) is 26.9 Å². The lowest BCUT2D eigenvalue weighted by molar-refractivity contribution is -0.139. The molecule has 5 rings (SSSR count). The number of carboxylic acids is 1. The van der Waals surface area contributed by atoms with Crippen LogP contribution in [-0.4, -0.2) is 58.3 Å². The van der Waals surface area contributed by atoms with Gasteiger partial charge in [-0.15, -0.1) is 6.42 Å². The number of terminal acetylenes is 1. The van der Waals surface area contributed by atoms with E-state index in [-0.39, 0.29) is 65.3 Å². The molecule has 2 N–H and O–H groups in total. The Morgan fingerprint density at radius 3 is 2.31 bits per heavy atom. The second-order valence-electron chi connectivity index (χ2n) is 13.9. The van der Waals surface area contributed by atoms with Crippen molar-refractivity contribution in [1.29, 1.82) is 0 Å². The molecule has 3 aromatic rings. The molecule has 1 amide bonds. The number of ether oxygens (including phenoxy) is 1. The Kier molecular flexibility index (Phi) is 11.3. The lowest BCUT2D eigenvalue weighted by Gasteiger charge is -2.28. The highest BCUT2D eigenvalue weighted by atomic mass is 19.4. The van der Waals surface area contributed by atoms with E-state index in [2.05, 4.69) is 11.2 Å². The van der Waals surface area contributed by atoms with E-state index in [1.807, 2.05) is 4.90 Å². The van der Waals surface area contributed by atoms with Gasteiger partial charge >= 0.3 is 12.1 Å². The Morgan fingerprint density at radius 2 is 1.77 bits per heavy atom. The van der Waals surface area contributed by atoms with Crippen LogP contribution >= 0.6 is 0 Å². The van der Waals surface area contributed by atoms with E-state index in [1.54, 1.807) is 13.8 Å². The van der Waals surface area contributed by atoms with Crippen LogP contribution in [0.25, 0.3) is 11.1 Å². The highest BCUT2D eigenvalue weighted by molar-refractivity contribution is 5.82. The molecule has 0 aliphatic carbocycles. The van der Waals surface area contributed by atoms with Crippen molar-refractivity contribution in [2.75, 3.05) is 19.7 Å². The molecule has 2 aliphatic heterocycles. The Balaban J connectivity index is 1.57. The molecule has 0 spiro atoms. The molecular weight excluding hydrogens is 692 g/mol. The monoisotopic (exact) mass is 731 g/mol. The van der Waals surface area contributed by atoms with Crippen LogP contribution in [0, 0.1) is 49.6 Å². The van der Waals surface area contributed by atoms with Crippen LogP contribution < -0.4 is 10.9 Å². The number of amides is 1. The van der Waals surface area contributed by atoms with Gasteiger partial charge in [0.15, 0.2) is 0 Å². The molecule has 52 heavy (non-hydrogen) atoms. The molecule has 0 radical (unpaired) electrons.